The van der Waals surface area contributed by atoms with Crippen LogP contribution in [0.5, 0.6) is 5.75 Å². The highest BCUT2D eigenvalue weighted by Crippen LogP contribution is 2.24. The van der Waals surface area contributed by atoms with Crippen LogP contribution in [0.15, 0.2) is 46.9 Å². The summed E-state index contributed by atoms with van der Waals surface area (Å²) in [6.07, 6.45) is 0.902. The van der Waals surface area contributed by atoms with Crippen molar-refractivity contribution in [1.82, 2.24) is 0 Å². The lowest BCUT2D eigenvalue weighted by Gasteiger charge is -2.09. The standard InChI is InChI=1S/C16H15BrFNO2/c1-2-8-21-13-5-3-4-11(9-13)16(20)19-15-7-6-12(18)10-14(15)17/h3-7,9-10H,2,8H2,1H3,(H,19,20). The molecule has 21 heavy (non-hydrogen) atoms. The van der Waals surface area contributed by atoms with Gasteiger partial charge < -0.3 is 10.1 Å². The van der Waals surface area contributed by atoms with E-state index in [1.807, 2.05) is 6.92 Å². The van der Waals surface area contributed by atoms with Gasteiger partial charge in [0.05, 0.1) is 12.3 Å². The topological polar surface area (TPSA) is 38.3 Å². The maximum atomic E-state index is 13.0. The molecule has 1 amide bonds. The summed E-state index contributed by atoms with van der Waals surface area (Å²) in [5.41, 5.74) is 1.00. The molecular formula is C16H15BrFNO2. The Labute approximate surface area is 131 Å². The van der Waals surface area contributed by atoms with Gasteiger partial charge >= 0.3 is 0 Å². The van der Waals surface area contributed by atoms with Crippen molar-refractivity contribution in [1.29, 1.82) is 0 Å². The van der Waals surface area contributed by atoms with Crippen LogP contribution < -0.4 is 10.1 Å². The Morgan fingerprint density at radius 3 is 2.81 bits per heavy atom. The first-order valence-corrected chi connectivity index (χ1v) is 7.38. The Balaban J connectivity index is 2.12. The van der Waals surface area contributed by atoms with Gasteiger partial charge in [0.1, 0.15) is 11.6 Å². The van der Waals surface area contributed by atoms with Crippen LogP contribution in [0.2, 0.25) is 0 Å². The molecular weight excluding hydrogens is 337 g/mol. The second-order valence-electron chi connectivity index (χ2n) is 4.45. The molecule has 0 bridgehead atoms. The van der Waals surface area contributed by atoms with Crippen LogP contribution in [-0.4, -0.2) is 12.5 Å². The molecule has 0 fully saturated rings. The van der Waals surface area contributed by atoms with Crippen LogP contribution in [0.25, 0.3) is 0 Å². The number of carbonyl (C=O) groups is 1. The third-order valence-corrected chi connectivity index (χ3v) is 3.40. The van der Waals surface area contributed by atoms with Gasteiger partial charge in [0, 0.05) is 10.0 Å². The van der Waals surface area contributed by atoms with Gasteiger partial charge in [-0.3, -0.25) is 4.79 Å². The normalized spacial score (nSPS) is 10.2. The van der Waals surface area contributed by atoms with Crippen molar-refractivity contribution >= 4 is 27.5 Å². The number of nitrogens with one attached hydrogen (secondary N) is 1. The molecule has 0 heterocycles. The predicted octanol–water partition coefficient (Wildman–Crippen LogP) is 4.63. The molecule has 0 radical (unpaired) electrons. The molecule has 0 aliphatic heterocycles. The molecule has 0 spiro atoms. The molecule has 1 N–H and O–H groups in total. The molecule has 110 valence electrons. The SMILES string of the molecule is CCCOc1cccc(C(=O)Nc2ccc(F)cc2Br)c1. The van der Waals surface area contributed by atoms with E-state index >= 15 is 0 Å². The van der Waals surface area contributed by atoms with Crippen molar-refractivity contribution in [3.63, 3.8) is 0 Å². The van der Waals surface area contributed by atoms with Gasteiger partial charge in [-0.1, -0.05) is 13.0 Å². The summed E-state index contributed by atoms with van der Waals surface area (Å²) in [5, 5.41) is 2.73. The fourth-order valence-electron chi connectivity index (χ4n) is 1.73. The highest BCUT2D eigenvalue weighted by molar-refractivity contribution is 9.10. The van der Waals surface area contributed by atoms with Crippen LogP contribution >= 0.6 is 15.9 Å². The number of halogens is 2. The van der Waals surface area contributed by atoms with Gasteiger partial charge in [-0.25, -0.2) is 4.39 Å². The lowest BCUT2D eigenvalue weighted by atomic mass is 10.2. The Morgan fingerprint density at radius 1 is 1.29 bits per heavy atom. The largest absolute Gasteiger partial charge is 0.494 e. The number of hydrogen-bond acceptors (Lipinski definition) is 2. The zero-order chi connectivity index (χ0) is 15.2. The zero-order valence-corrected chi connectivity index (χ0v) is 13.1. The maximum Gasteiger partial charge on any atom is 0.255 e. The molecule has 0 aliphatic rings. The molecule has 2 aromatic rings. The maximum absolute atomic E-state index is 13.0. The summed E-state index contributed by atoms with van der Waals surface area (Å²) in [7, 11) is 0. The molecule has 0 aliphatic carbocycles. The number of rotatable bonds is 5. The second kappa shape index (κ2) is 7.22. The lowest BCUT2D eigenvalue weighted by Crippen LogP contribution is -2.12. The van der Waals surface area contributed by atoms with Crippen LogP contribution in [0.1, 0.15) is 23.7 Å². The molecule has 0 unspecified atom stereocenters. The molecule has 2 aromatic carbocycles. The fraction of sp³-hybridized carbons (Fsp3) is 0.188. The summed E-state index contributed by atoms with van der Waals surface area (Å²) >= 11 is 3.22. The third kappa shape index (κ3) is 4.29. The zero-order valence-electron chi connectivity index (χ0n) is 11.5. The predicted molar refractivity (Wildman–Crippen MR) is 84.3 cm³/mol. The lowest BCUT2D eigenvalue weighted by molar-refractivity contribution is 0.102. The number of anilines is 1. The van der Waals surface area contributed by atoms with Gasteiger partial charge in [-0.2, -0.15) is 0 Å². The quantitative estimate of drug-likeness (QED) is 0.852. The first kappa shape index (κ1) is 15.5. The van der Waals surface area contributed by atoms with Crippen LogP contribution in [0, 0.1) is 5.82 Å². The molecule has 5 heteroatoms. The van der Waals surface area contributed by atoms with E-state index in [2.05, 4.69) is 21.2 Å². The Morgan fingerprint density at radius 2 is 2.10 bits per heavy atom. The Kier molecular flexibility index (Phi) is 5.33. The Bertz CT molecular complexity index is 646. The van der Waals surface area contributed by atoms with E-state index in [9.17, 15) is 9.18 Å². The van der Waals surface area contributed by atoms with Crippen LogP contribution in [-0.2, 0) is 0 Å². The van der Waals surface area contributed by atoms with Gasteiger partial charge in [0.2, 0.25) is 0 Å². The van der Waals surface area contributed by atoms with Gasteiger partial charge in [-0.15, -0.1) is 0 Å². The van der Waals surface area contributed by atoms with Gasteiger partial charge in [0.25, 0.3) is 5.91 Å². The van der Waals surface area contributed by atoms with Gasteiger partial charge in [-0.05, 0) is 58.7 Å². The molecule has 0 atom stereocenters. The first-order chi connectivity index (χ1) is 10.1. The summed E-state index contributed by atoms with van der Waals surface area (Å²) in [6.45, 7) is 2.62. The highest BCUT2D eigenvalue weighted by Gasteiger charge is 2.09. The van der Waals surface area contributed by atoms with E-state index in [0.29, 0.717) is 28.1 Å². The Hall–Kier alpha value is -1.88. The smallest absolute Gasteiger partial charge is 0.255 e. The average Bonchev–Trinajstić information content (AvgIpc) is 2.48. The molecule has 2 rings (SSSR count). The van der Waals surface area contributed by atoms with E-state index in [1.54, 1.807) is 24.3 Å². The summed E-state index contributed by atoms with van der Waals surface area (Å²) in [6, 6.07) is 11.1. The molecule has 0 saturated carbocycles. The van der Waals surface area contributed by atoms with E-state index in [0.717, 1.165) is 6.42 Å². The van der Waals surface area contributed by atoms with Crippen LogP contribution in [0.4, 0.5) is 10.1 Å². The molecule has 0 aromatic heterocycles. The van der Waals surface area contributed by atoms with Crippen molar-refractivity contribution in [2.24, 2.45) is 0 Å². The first-order valence-electron chi connectivity index (χ1n) is 6.59. The van der Waals surface area contributed by atoms with E-state index < -0.39 is 0 Å². The van der Waals surface area contributed by atoms with Crippen molar-refractivity contribution < 1.29 is 13.9 Å². The monoisotopic (exact) mass is 351 g/mol. The second-order valence-corrected chi connectivity index (χ2v) is 5.31. The minimum atomic E-state index is -0.366. The van der Waals surface area contributed by atoms with E-state index in [-0.39, 0.29) is 11.7 Å². The van der Waals surface area contributed by atoms with Crippen molar-refractivity contribution in [3.8, 4) is 5.75 Å². The molecule has 0 saturated heterocycles. The van der Waals surface area contributed by atoms with E-state index in [4.69, 9.17) is 4.74 Å². The minimum absolute atomic E-state index is 0.274. The third-order valence-electron chi connectivity index (χ3n) is 2.75. The number of carbonyl (C=O) groups excluding carboxylic acids is 1. The van der Waals surface area contributed by atoms with Crippen LogP contribution in [0.3, 0.4) is 0 Å². The fourth-order valence-corrected chi connectivity index (χ4v) is 2.18. The number of hydrogen-bond donors (Lipinski definition) is 1. The number of ether oxygens (including phenoxy) is 1. The highest BCUT2D eigenvalue weighted by atomic mass is 79.9. The minimum Gasteiger partial charge on any atom is -0.494 e. The van der Waals surface area contributed by atoms with E-state index in [1.165, 1.54) is 18.2 Å². The molecule has 3 nitrogen and oxygen atoms in total. The summed E-state index contributed by atoms with van der Waals surface area (Å²) in [5.74, 6) is 0.0155. The number of benzene rings is 2. The van der Waals surface area contributed by atoms with Crippen molar-refractivity contribution in [3.05, 3.63) is 58.3 Å². The summed E-state index contributed by atoms with van der Waals surface area (Å²) < 4.78 is 19.0. The van der Waals surface area contributed by atoms with Crippen molar-refractivity contribution in [2.75, 3.05) is 11.9 Å². The van der Waals surface area contributed by atoms with Gasteiger partial charge in [0.15, 0.2) is 0 Å². The summed E-state index contributed by atoms with van der Waals surface area (Å²) in [4.78, 5) is 12.2. The average molecular weight is 352 g/mol. The number of amides is 1. The van der Waals surface area contributed by atoms with Crippen molar-refractivity contribution in [2.45, 2.75) is 13.3 Å².